The molecule has 6 heteroatoms. The Hall–Kier alpha value is -3.25. The first-order chi connectivity index (χ1) is 13.3. The number of hydrogen-bond acceptors (Lipinski definition) is 5. The molecule has 4 rings (SSSR count). The number of ketones is 1. The number of fused-ring (bicyclic) bond motifs is 1. The molecule has 5 nitrogen and oxygen atoms in total. The van der Waals surface area contributed by atoms with Gasteiger partial charge in [-0.15, -0.1) is 11.3 Å². The molecule has 0 radical (unpaired) electrons. The van der Waals surface area contributed by atoms with Gasteiger partial charge in [0, 0.05) is 24.0 Å². The van der Waals surface area contributed by atoms with Crippen molar-refractivity contribution >= 4 is 28.5 Å². The lowest BCUT2D eigenvalue weighted by molar-refractivity contribution is 0.104. The Morgan fingerprint density at radius 1 is 1.26 bits per heavy atom. The van der Waals surface area contributed by atoms with Gasteiger partial charge in [0.2, 0.25) is 5.78 Å². The zero-order valence-corrected chi connectivity index (χ0v) is 15.6. The third-order valence-corrected chi connectivity index (χ3v) is 5.08. The fraction of sp³-hybridized carbons (Fsp3) is 0.0952. The van der Waals surface area contributed by atoms with Crippen LogP contribution in [0.4, 0.5) is 5.69 Å². The Labute approximate surface area is 161 Å². The molecule has 0 aliphatic heterocycles. The SMILES string of the molecule is CC=CCNc1cccc(-c2ccnc3c(C(=O)c4cccs4)cnn23)c1. The van der Waals surface area contributed by atoms with Crippen LogP contribution in [0, 0.1) is 0 Å². The number of nitrogens with zero attached hydrogens (tertiary/aromatic N) is 3. The van der Waals surface area contributed by atoms with Crippen molar-refractivity contribution in [2.75, 3.05) is 11.9 Å². The van der Waals surface area contributed by atoms with E-state index in [-0.39, 0.29) is 5.78 Å². The maximum atomic E-state index is 12.7. The molecule has 0 atom stereocenters. The average Bonchev–Trinajstić information content (AvgIpc) is 3.38. The van der Waals surface area contributed by atoms with Gasteiger partial charge in [-0.05, 0) is 36.6 Å². The van der Waals surface area contributed by atoms with Crippen LogP contribution >= 0.6 is 11.3 Å². The van der Waals surface area contributed by atoms with Crippen LogP contribution in [0.2, 0.25) is 0 Å². The molecule has 4 aromatic rings. The molecule has 0 aliphatic rings. The molecule has 0 amide bonds. The lowest BCUT2D eigenvalue weighted by atomic mass is 10.1. The molecule has 3 aromatic heterocycles. The predicted octanol–water partition coefficient (Wildman–Crippen LogP) is 4.68. The summed E-state index contributed by atoms with van der Waals surface area (Å²) in [6.07, 6.45) is 7.39. The molecule has 0 fully saturated rings. The molecule has 27 heavy (non-hydrogen) atoms. The van der Waals surface area contributed by atoms with Gasteiger partial charge in [-0.25, -0.2) is 9.50 Å². The molecule has 0 saturated carbocycles. The number of carbonyl (C=O) groups excluding carboxylic acids is 1. The van der Waals surface area contributed by atoms with Gasteiger partial charge in [-0.2, -0.15) is 5.10 Å². The van der Waals surface area contributed by atoms with E-state index in [0.717, 1.165) is 23.5 Å². The highest BCUT2D eigenvalue weighted by molar-refractivity contribution is 7.12. The highest BCUT2D eigenvalue weighted by atomic mass is 32.1. The number of aromatic nitrogens is 3. The maximum Gasteiger partial charge on any atom is 0.208 e. The predicted molar refractivity (Wildman–Crippen MR) is 109 cm³/mol. The number of allylic oxidation sites excluding steroid dienone is 1. The van der Waals surface area contributed by atoms with Gasteiger partial charge in [0.25, 0.3) is 0 Å². The molecule has 0 saturated heterocycles. The van der Waals surface area contributed by atoms with Crippen LogP contribution in [-0.4, -0.2) is 26.9 Å². The lowest BCUT2D eigenvalue weighted by Gasteiger charge is -2.08. The molecular weight excluding hydrogens is 356 g/mol. The Morgan fingerprint density at radius 3 is 3.00 bits per heavy atom. The Balaban J connectivity index is 1.73. The van der Waals surface area contributed by atoms with Crippen molar-refractivity contribution in [2.24, 2.45) is 0 Å². The van der Waals surface area contributed by atoms with Gasteiger partial charge in [0.1, 0.15) is 0 Å². The van der Waals surface area contributed by atoms with E-state index in [1.54, 1.807) is 16.9 Å². The zero-order chi connectivity index (χ0) is 18.6. The third-order valence-electron chi connectivity index (χ3n) is 4.21. The van der Waals surface area contributed by atoms with Crippen molar-refractivity contribution in [1.29, 1.82) is 0 Å². The second-order valence-corrected chi connectivity index (χ2v) is 6.91. The molecule has 3 heterocycles. The summed E-state index contributed by atoms with van der Waals surface area (Å²) in [5.74, 6) is -0.0496. The normalized spacial score (nSPS) is 11.3. The standard InChI is InChI=1S/C21H18N4OS/c1-2-3-10-22-16-7-4-6-15(13-16)18-9-11-23-21-17(14-24-25(18)21)20(26)19-8-5-12-27-19/h2-9,11-14,22H,10H2,1H3. The van der Waals surface area contributed by atoms with Crippen molar-refractivity contribution < 1.29 is 4.79 Å². The van der Waals surface area contributed by atoms with Crippen LogP contribution < -0.4 is 5.32 Å². The Bertz CT molecular complexity index is 1110. The van der Waals surface area contributed by atoms with Crippen molar-refractivity contribution in [3.8, 4) is 11.3 Å². The summed E-state index contributed by atoms with van der Waals surface area (Å²) >= 11 is 1.42. The van der Waals surface area contributed by atoms with E-state index in [2.05, 4.69) is 27.5 Å². The number of carbonyl (C=O) groups is 1. The molecule has 0 aliphatic carbocycles. The van der Waals surface area contributed by atoms with Gasteiger partial charge >= 0.3 is 0 Å². The zero-order valence-electron chi connectivity index (χ0n) is 14.8. The maximum absolute atomic E-state index is 12.7. The van der Waals surface area contributed by atoms with Gasteiger partial charge in [0.05, 0.1) is 22.3 Å². The third kappa shape index (κ3) is 3.39. The summed E-state index contributed by atoms with van der Waals surface area (Å²) in [4.78, 5) is 17.8. The van der Waals surface area contributed by atoms with Crippen LogP contribution in [0.15, 0.2) is 72.4 Å². The largest absolute Gasteiger partial charge is 0.382 e. The summed E-state index contributed by atoms with van der Waals surface area (Å²) in [7, 11) is 0. The molecule has 0 spiro atoms. The molecule has 0 unspecified atom stereocenters. The van der Waals surface area contributed by atoms with Crippen LogP contribution in [0.3, 0.4) is 0 Å². The van der Waals surface area contributed by atoms with Crippen molar-refractivity contribution in [3.63, 3.8) is 0 Å². The van der Waals surface area contributed by atoms with Crippen molar-refractivity contribution in [2.45, 2.75) is 6.92 Å². The van der Waals surface area contributed by atoms with E-state index >= 15 is 0 Å². The molecule has 134 valence electrons. The molecular formula is C21H18N4OS. The smallest absolute Gasteiger partial charge is 0.208 e. The number of hydrogen-bond donors (Lipinski definition) is 1. The fourth-order valence-electron chi connectivity index (χ4n) is 2.89. The van der Waals surface area contributed by atoms with Crippen molar-refractivity contribution in [1.82, 2.24) is 14.6 Å². The van der Waals surface area contributed by atoms with E-state index in [1.807, 2.05) is 54.8 Å². The molecule has 1 aromatic carbocycles. The van der Waals surface area contributed by atoms with E-state index in [1.165, 1.54) is 11.3 Å². The summed E-state index contributed by atoms with van der Waals surface area (Å²) in [5.41, 5.74) is 4.00. The number of nitrogens with one attached hydrogen (secondary N) is 1. The second kappa shape index (κ2) is 7.55. The monoisotopic (exact) mass is 374 g/mol. The number of rotatable bonds is 6. The topological polar surface area (TPSA) is 59.3 Å². The number of anilines is 1. The number of thiophene rings is 1. The van der Waals surface area contributed by atoms with Crippen LogP contribution in [-0.2, 0) is 0 Å². The molecule has 1 N–H and O–H groups in total. The summed E-state index contributed by atoms with van der Waals surface area (Å²) < 4.78 is 1.73. The van der Waals surface area contributed by atoms with Gasteiger partial charge in [-0.1, -0.05) is 30.4 Å². The first-order valence-electron chi connectivity index (χ1n) is 8.64. The first kappa shape index (κ1) is 17.2. The highest BCUT2D eigenvalue weighted by Gasteiger charge is 2.18. The summed E-state index contributed by atoms with van der Waals surface area (Å²) in [6.45, 7) is 2.77. The van der Waals surface area contributed by atoms with E-state index in [0.29, 0.717) is 16.1 Å². The lowest BCUT2D eigenvalue weighted by Crippen LogP contribution is -2.01. The second-order valence-electron chi connectivity index (χ2n) is 5.96. The first-order valence-corrected chi connectivity index (χ1v) is 9.52. The van der Waals surface area contributed by atoms with E-state index in [4.69, 9.17) is 0 Å². The van der Waals surface area contributed by atoms with Crippen LogP contribution in [0.1, 0.15) is 22.2 Å². The van der Waals surface area contributed by atoms with Crippen LogP contribution in [0.25, 0.3) is 16.9 Å². The molecule has 0 bridgehead atoms. The van der Waals surface area contributed by atoms with Gasteiger partial charge in [0.15, 0.2) is 5.65 Å². The Morgan fingerprint density at radius 2 is 2.19 bits per heavy atom. The van der Waals surface area contributed by atoms with Crippen LogP contribution in [0.5, 0.6) is 0 Å². The van der Waals surface area contributed by atoms with E-state index in [9.17, 15) is 4.79 Å². The minimum absolute atomic E-state index is 0.0496. The Kier molecular flexibility index (Phi) is 4.80. The fourth-order valence-corrected chi connectivity index (χ4v) is 3.57. The minimum atomic E-state index is -0.0496. The van der Waals surface area contributed by atoms with E-state index < -0.39 is 0 Å². The highest BCUT2D eigenvalue weighted by Crippen LogP contribution is 2.25. The van der Waals surface area contributed by atoms with Gasteiger partial charge in [-0.3, -0.25) is 4.79 Å². The van der Waals surface area contributed by atoms with Gasteiger partial charge < -0.3 is 5.32 Å². The average molecular weight is 374 g/mol. The van der Waals surface area contributed by atoms with Crippen molar-refractivity contribution in [3.05, 3.63) is 82.8 Å². The summed E-state index contributed by atoms with van der Waals surface area (Å²) in [5, 5.41) is 9.69. The quantitative estimate of drug-likeness (QED) is 0.393. The summed E-state index contributed by atoms with van der Waals surface area (Å²) in [6, 6.07) is 13.7. The number of benzene rings is 1. The minimum Gasteiger partial charge on any atom is -0.382 e.